The average molecular weight is 286 g/mol. The number of hydrogen-bond donors (Lipinski definition) is 1. The minimum atomic E-state index is -0.184. The number of unbranched alkanes of at least 4 members (excludes halogenated alkanes) is 1. The number of halogens is 1. The van der Waals surface area contributed by atoms with E-state index in [9.17, 15) is 4.79 Å². The predicted octanol–water partition coefficient (Wildman–Crippen LogP) is 4.06. The van der Waals surface area contributed by atoms with Gasteiger partial charge in [-0.3, -0.25) is 4.79 Å². The molecular formula is C14H20ClNOS. The molecule has 1 atom stereocenters. The van der Waals surface area contributed by atoms with E-state index in [1.807, 2.05) is 13.0 Å². The van der Waals surface area contributed by atoms with Crippen molar-refractivity contribution in [2.75, 3.05) is 13.1 Å². The molecule has 0 aromatic carbocycles. The van der Waals surface area contributed by atoms with Crippen LogP contribution in [-0.4, -0.2) is 18.9 Å². The summed E-state index contributed by atoms with van der Waals surface area (Å²) in [5, 5.41) is 4.07. The second-order valence-electron chi connectivity index (χ2n) is 5.15. The summed E-state index contributed by atoms with van der Waals surface area (Å²) in [6.45, 7) is 5.91. The molecule has 0 bridgehead atoms. The number of aryl methyl sites for hydroxylation is 1. The van der Waals surface area contributed by atoms with Crippen LogP contribution in [0.3, 0.4) is 0 Å². The first kappa shape index (κ1) is 14.0. The van der Waals surface area contributed by atoms with Crippen LogP contribution in [0.15, 0.2) is 6.07 Å². The number of ketones is 1. The largest absolute Gasteiger partial charge is 0.316 e. The van der Waals surface area contributed by atoms with E-state index in [2.05, 4.69) is 12.2 Å². The van der Waals surface area contributed by atoms with Crippen LogP contribution in [0.1, 0.15) is 47.2 Å². The predicted molar refractivity (Wildman–Crippen MR) is 77.8 cm³/mol. The lowest BCUT2D eigenvalue weighted by Gasteiger charge is -2.25. The Kier molecular flexibility index (Phi) is 4.46. The van der Waals surface area contributed by atoms with Gasteiger partial charge in [0.05, 0.1) is 9.90 Å². The second kappa shape index (κ2) is 5.72. The topological polar surface area (TPSA) is 29.1 Å². The van der Waals surface area contributed by atoms with Crippen molar-refractivity contribution in [3.8, 4) is 0 Å². The van der Waals surface area contributed by atoms with Gasteiger partial charge in [-0.05, 0) is 32.4 Å². The summed E-state index contributed by atoms with van der Waals surface area (Å²) in [4.78, 5) is 14.6. The lowest BCUT2D eigenvalue weighted by molar-refractivity contribution is 0.0804. The highest BCUT2D eigenvalue weighted by Gasteiger charge is 2.41. The van der Waals surface area contributed by atoms with Crippen LogP contribution in [0.5, 0.6) is 0 Å². The van der Waals surface area contributed by atoms with Gasteiger partial charge < -0.3 is 5.32 Å². The van der Waals surface area contributed by atoms with Gasteiger partial charge in [-0.1, -0.05) is 31.4 Å². The Balaban J connectivity index is 2.23. The number of carbonyl (C=O) groups is 1. The van der Waals surface area contributed by atoms with E-state index in [1.54, 1.807) is 0 Å². The van der Waals surface area contributed by atoms with Gasteiger partial charge >= 0.3 is 0 Å². The van der Waals surface area contributed by atoms with Gasteiger partial charge in [-0.15, -0.1) is 11.3 Å². The molecular weight excluding hydrogens is 266 g/mol. The molecule has 2 rings (SSSR count). The van der Waals surface area contributed by atoms with Crippen LogP contribution in [0.4, 0.5) is 0 Å². The molecule has 0 spiro atoms. The molecule has 1 aromatic rings. The molecule has 0 saturated carbocycles. The quantitative estimate of drug-likeness (QED) is 0.827. The first-order valence-corrected chi connectivity index (χ1v) is 7.80. The van der Waals surface area contributed by atoms with E-state index in [0.717, 1.165) is 53.5 Å². The number of Topliss-reactive ketones (excluding diaryl/α,β-unsaturated/α-hetero) is 1. The van der Waals surface area contributed by atoms with Gasteiger partial charge in [0.2, 0.25) is 0 Å². The Hall–Kier alpha value is -0.380. The SMILES string of the molecule is CCCCC1(C(=O)c2cc(Cl)c(C)s2)CCNC1. The molecule has 0 radical (unpaired) electrons. The molecule has 1 saturated heterocycles. The van der Waals surface area contributed by atoms with Crippen LogP contribution < -0.4 is 5.32 Å². The third-order valence-electron chi connectivity index (χ3n) is 3.82. The molecule has 2 nitrogen and oxygen atoms in total. The van der Waals surface area contributed by atoms with E-state index >= 15 is 0 Å². The van der Waals surface area contributed by atoms with Crippen LogP contribution in [0.25, 0.3) is 0 Å². The van der Waals surface area contributed by atoms with E-state index in [0.29, 0.717) is 5.78 Å². The van der Waals surface area contributed by atoms with E-state index in [1.165, 1.54) is 11.3 Å². The summed E-state index contributed by atoms with van der Waals surface area (Å²) in [5.41, 5.74) is -0.184. The normalized spacial score (nSPS) is 23.5. The Morgan fingerprint density at radius 2 is 2.39 bits per heavy atom. The Morgan fingerprint density at radius 3 is 2.89 bits per heavy atom. The van der Waals surface area contributed by atoms with Crippen LogP contribution in [-0.2, 0) is 0 Å². The molecule has 0 amide bonds. The van der Waals surface area contributed by atoms with Crippen LogP contribution in [0, 0.1) is 12.3 Å². The van der Waals surface area contributed by atoms with Crippen molar-refractivity contribution in [1.82, 2.24) is 5.32 Å². The molecule has 1 aliphatic heterocycles. The zero-order chi connectivity index (χ0) is 13.2. The third kappa shape index (κ3) is 2.63. The molecule has 2 heterocycles. The summed E-state index contributed by atoms with van der Waals surface area (Å²) in [7, 11) is 0. The molecule has 1 unspecified atom stereocenters. The fourth-order valence-electron chi connectivity index (χ4n) is 2.61. The van der Waals surface area contributed by atoms with Gasteiger partial charge in [0, 0.05) is 16.8 Å². The summed E-state index contributed by atoms with van der Waals surface area (Å²) < 4.78 is 0. The summed E-state index contributed by atoms with van der Waals surface area (Å²) in [6, 6.07) is 1.84. The van der Waals surface area contributed by atoms with Gasteiger partial charge in [-0.25, -0.2) is 0 Å². The maximum Gasteiger partial charge on any atom is 0.180 e. The fourth-order valence-corrected chi connectivity index (χ4v) is 3.87. The number of thiophene rings is 1. The summed E-state index contributed by atoms with van der Waals surface area (Å²) in [6.07, 6.45) is 4.20. The van der Waals surface area contributed by atoms with Crippen molar-refractivity contribution in [2.24, 2.45) is 5.41 Å². The second-order valence-corrected chi connectivity index (χ2v) is 6.82. The van der Waals surface area contributed by atoms with Crippen molar-refractivity contribution < 1.29 is 4.79 Å². The van der Waals surface area contributed by atoms with E-state index in [-0.39, 0.29) is 5.41 Å². The highest BCUT2D eigenvalue weighted by molar-refractivity contribution is 7.14. The Bertz CT molecular complexity index is 416. The van der Waals surface area contributed by atoms with Crippen molar-refractivity contribution in [2.45, 2.75) is 39.5 Å². The minimum absolute atomic E-state index is 0.184. The zero-order valence-corrected chi connectivity index (χ0v) is 12.6. The van der Waals surface area contributed by atoms with E-state index < -0.39 is 0 Å². The summed E-state index contributed by atoms with van der Waals surface area (Å²) >= 11 is 7.60. The molecule has 1 fully saturated rings. The van der Waals surface area contributed by atoms with Gasteiger partial charge in [0.15, 0.2) is 5.78 Å². The van der Waals surface area contributed by atoms with Crippen molar-refractivity contribution in [3.63, 3.8) is 0 Å². The monoisotopic (exact) mass is 285 g/mol. The standard InChI is InChI=1S/C14H20ClNOS/c1-3-4-5-14(6-7-16-9-14)13(17)12-8-11(15)10(2)18-12/h8,16H,3-7,9H2,1-2H3. The maximum absolute atomic E-state index is 12.8. The van der Waals surface area contributed by atoms with Gasteiger partial charge in [-0.2, -0.15) is 0 Å². The Labute approximate surface area is 118 Å². The lowest BCUT2D eigenvalue weighted by Crippen LogP contribution is -2.33. The van der Waals surface area contributed by atoms with Gasteiger partial charge in [0.25, 0.3) is 0 Å². The molecule has 100 valence electrons. The molecule has 1 N–H and O–H groups in total. The average Bonchev–Trinajstić information content (AvgIpc) is 2.95. The Morgan fingerprint density at radius 1 is 1.61 bits per heavy atom. The van der Waals surface area contributed by atoms with Crippen LogP contribution in [0.2, 0.25) is 5.02 Å². The number of rotatable bonds is 5. The van der Waals surface area contributed by atoms with E-state index in [4.69, 9.17) is 11.6 Å². The fraction of sp³-hybridized carbons (Fsp3) is 0.643. The highest BCUT2D eigenvalue weighted by Crippen LogP contribution is 2.38. The number of hydrogen-bond acceptors (Lipinski definition) is 3. The number of carbonyl (C=O) groups excluding carboxylic acids is 1. The highest BCUT2D eigenvalue weighted by atomic mass is 35.5. The van der Waals surface area contributed by atoms with Crippen LogP contribution >= 0.6 is 22.9 Å². The molecule has 0 aliphatic carbocycles. The zero-order valence-electron chi connectivity index (χ0n) is 11.0. The molecule has 1 aromatic heterocycles. The number of nitrogens with one attached hydrogen (secondary N) is 1. The van der Waals surface area contributed by atoms with Crippen molar-refractivity contribution in [1.29, 1.82) is 0 Å². The van der Waals surface area contributed by atoms with Crippen molar-refractivity contribution in [3.05, 3.63) is 20.8 Å². The molecule has 1 aliphatic rings. The first-order valence-electron chi connectivity index (χ1n) is 6.60. The first-order chi connectivity index (χ1) is 8.59. The van der Waals surface area contributed by atoms with Gasteiger partial charge in [0.1, 0.15) is 0 Å². The third-order valence-corrected chi connectivity index (χ3v) is 5.37. The molecule has 4 heteroatoms. The lowest BCUT2D eigenvalue weighted by atomic mass is 9.77. The molecule has 18 heavy (non-hydrogen) atoms. The summed E-state index contributed by atoms with van der Waals surface area (Å²) in [5.74, 6) is 0.293. The smallest absolute Gasteiger partial charge is 0.180 e. The maximum atomic E-state index is 12.8. The van der Waals surface area contributed by atoms with Crippen molar-refractivity contribution >= 4 is 28.7 Å². The minimum Gasteiger partial charge on any atom is -0.316 e.